The Bertz CT molecular complexity index is 366. The Balaban J connectivity index is 0.00000256. The summed E-state index contributed by atoms with van der Waals surface area (Å²) in [6, 6.07) is 6.12. The number of aryl methyl sites for hydroxylation is 2. The molecule has 4 heteroatoms. The number of anilines is 1. The maximum absolute atomic E-state index is 11.4. The molecule has 0 bridgehead atoms. The Morgan fingerprint density at radius 2 is 1.82 bits per heavy atom. The van der Waals surface area contributed by atoms with Crippen LogP contribution in [0, 0.1) is 0 Å². The van der Waals surface area contributed by atoms with Crippen molar-refractivity contribution in [1.29, 1.82) is 0 Å². The second-order valence-electron chi connectivity index (χ2n) is 3.77. The fraction of sp³-hybridized carbons (Fsp3) is 0.462. The third-order valence-electron chi connectivity index (χ3n) is 2.59. The number of rotatable bonds is 5. The Morgan fingerprint density at radius 1 is 1.18 bits per heavy atom. The summed E-state index contributed by atoms with van der Waals surface area (Å²) in [5, 5.41) is 5.69. The van der Waals surface area contributed by atoms with E-state index in [1.165, 1.54) is 11.1 Å². The van der Waals surface area contributed by atoms with E-state index >= 15 is 0 Å². The number of likely N-dealkylation sites (N-methyl/N-ethyl adjacent to an activating group) is 1. The number of hydrogen-bond donors (Lipinski definition) is 2. The van der Waals surface area contributed by atoms with Crippen LogP contribution < -0.4 is 10.6 Å². The highest BCUT2D eigenvalue weighted by Crippen LogP contribution is 2.17. The van der Waals surface area contributed by atoms with Gasteiger partial charge in [-0.25, -0.2) is 0 Å². The number of halogens is 1. The van der Waals surface area contributed by atoms with Crippen LogP contribution in [0.2, 0.25) is 0 Å². The molecule has 0 aromatic heterocycles. The molecule has 0 aliphatic rings. The van der Waals surface area contributed by atoms with Gasteiger partial charge in [-0.2, -0.15) is 0 Å². The van der Waals surface area contributed by atoms with E-state index in [1.807, 2.05) is 6.07 Å². The maximum atomic E-state index is 11.4. The number of amides is 1. The molecule has 1 amide bonds. The van der Waals surface area contributed by atoms with Crippen molar-refractivity contribution in [3.63, 3.8) is 0 Å². The molecule has 0 fully saturated rings. The molecule has 0 atom stereocenters. The van der Waals surface area contributed by atoms with Gasteiger partial charge < -0.3 is 10.6 Å². The summed E-state index contributed by atoms with van der Waals surface area (Å²) in [7, 11) is 1.76. The van der Waals surface area contributed by atoms with E-state index < -0.39 is 0 Å². The lowest BCUT2D eigenvalue weighted by Crippen LogP contribution is -2.25. The average molecular weight is 257 g/mol. The van der Waals surface area contributed by atoms with Crippen LogP contribution in [0.1, 0.15) is 25.0 Å². The molecule has 0 spiro atoms. The molecule has 3 nitrogen and oxygen atoms in total. The molecular weight excluding hydrogens is 236 g/mol. The van der Waals surface area contributed by atoms with Gasteiger partial charge in [0.25, 0.3) is 0 Å². The molecule has 0 saturated heterocycles. The largest absolute Gasteiger partial charge is 0.325 e. The first-order valence-corrected chi connectivity index (χ1v) is 5.77. The summed E-state index contributed by atoms with van der Waals surface area (Å²) in [5.41, 5.74) is 3.55. The predicted octanol–water partition coefficient (Wildman–Crippen LogP) is 2.39. The number of hydrogen-bond acceptors (Lipinski definition) is 2. The molecule has 1 aromatic carbocycles. The number of benzene rings is 1. The van der Waals surface area contributed by atoms with Crippen LogP contribution in [0.15, 0.2) is 18.2 Å². The Kier molecular flexibility index (Phi) is 7.59. The van der Waals surface area contributed by atoms with Gasteiger partial charge in [0.1, 0.15) is 0 Å². The van der Waals surface area contributed by atoms with Crippen LogP contribution in [0.3, 0.4) is 0 Å². The third kappa shape index (κ3) is 4.75. The minimum Gasteiger partial charge on any atom is -0.325 e. The van der Waals surface area contributed by atoms with E-state index in [0.717, 1.165) is 18.5 Å². The normalized spacial score (nSPS) is 9.59. The van der Waals surface area contributed by atoms with Crippen LogP contribution in [0.25, 0.3) is 0 Å². The Labute approximate surface area is 109 Å². The molecule has 2 N–H and O–H groups in total. The predicted molar refractivity (Wildman–Crippen MR) is 75.0 cm³/mol. The van der Waals surface area contributed by atoms with E-state index in [4.69, 9.17) is 0 Å². The van der Waals surface area contributed by atoms with Crippen LogP contribution in [0.5, 0.6) is 0 Å². The summed E-state index contributed by atoms with van der Waals surface area (Å²) in [6.07, 6.45) is 2.03. The van der Waals surface area contributed by atoms with Gasteiger partial charge in [0.15, 0.2) is 0 Å². The first-order valence-electron chi connectivity index (χ1n) is 5.77. The van der Waals surface area contributed by atoms with E-state index in [1.54, 1.807) is 7.05 Å². The zero-order valence-corrected chi connectivity index (χ0v) is 11.5. The highest BCUT2D eigenvalue weighted by molar-refractivity contribution is 5.92. The highest BCUT2D eigenvalue weighted by atomic mass is 35.5. The molecule has 96 valence electrons. The van der Waals surface area contributed by atoms with Crippen molar-refractivity contribution in [1.82, 2.24) is 5.32 Å². The van der Waals surface area contributed by atoms with Crippen molar-refractivity contribution in [2.24, 2.45) is 0 Å². The molecule has 1 rings (SSSR count). The van der Waals surface area contributed by atoms with Gasteiger partial charge in [-0.05, 0) is 43.1 Å². The lowest BCUT2D eigenvalue weighted by atomic mass is 10.0. The van der Waals surface area contributed by atoms with E-state index in [9.17, 15) is 4.79 Å². The van der Waals surface area contributed by atoms with Crippen molar-refractivity contribution in [2.75, 3.05) is 18.9 Å². The number of nitrogens with one attached hydrogen (secondary N) is 2. The van der Waals surface area contributed by atoms with Crippen molar-refractivity contribution < 1.29 is 4.79 Å². The lowest BCUT2D eigenvalue weighted by molar-refractivity contribution is -0.115. The standard InChI is InChI=1S/C13H20N2O.ClH/c1-4-10-6-7-12(8-11(10)5-2)15-13(16)9-14-3;/h6-8,14H,4-5,9H2,1-3H3,(H,15,16);1H. The minimum absolute atomic E-state index is 0. The summed E-state index contributed by atoms with van der Waals surface area (Å²) < 4.78 is 0. The maximum Gasteiger partial charge on any atom is 0.238 e. The summed E-state index contributed by atoms with van der Waals surface area (Å²) >= 11 is 0. The van der Waals surface area contributed by atoms with Gasteiger partial charge in [0.2, 0.25) is 5.91 Å². The lowest BCUT2D eigenvalue weighted by Gasteiger charge is -2.10. The van der Waals surface area contributed by atoms with Gasteiger partial charge >= 0.3 is 0 Å². The zero-order chi connectivity index (χ0) is 12.0. The van der Waals surface area contributed by atoms with E-state index in [-0.39, 0.29) is 18.3 Å². The fourth-order valence-corrected chi connectivity index (χ4v) is 1.74. The monoisotopic (exact) mass is 256 g/mol. The van der Waals surface area contributed by atoms with Crippen LogP contribution in [-0.2, 0) is 17.6 Å². The summed E-state index contributed by atoms with van der Waals surface area (Å²) in [4.78, 5) is 11.4. The second kappa shape index (κ2) is 8.09. The van der Waals surface area contributed by atoms with Gasteiger partial charge in [-0.3, -0.25) is 4.79 Å². The molecule has 1 aromatic rings. The molecule has 0 heterocycles. The van der Waals surface area contributed by atoms with Crippen LogP contribution in [-0.4, -0.2) is 19.5 Å². The Hall–Kier alpha value is -1.06. The molecule has 0 aliphatic heterocycles. The summed E-state index contributed by atoms with van der Waals surface area (Å²) in [5.74, 6) is -0.00574. The fourth-order valence-electron chi connectivity index (χ4n) is 1.74. The molecule has 0 unspecified atom stereocenters. The molecular formula is C13H21ClN2O. The topological polar surface area (TPSA) is 41.1 Å². The Morgan fingerprint density at radius 3 is 2.35 bits per heavy atom. The zero-order valence-electron chi connectivity index (χ0n) is 10.7. The number of carbonyl (C=O) groups is 1. The molecule has 17 heavy (non-hydrogen) atoms. The van der Waals surface area contributed by atoms with Gasteiger partial charge in [0, 0.05) is 5.69 Å². The third-order valence-corrected chi connectivity index (χ3v) is 2.59. The minimum atomic E-state index is -0.00574. The van der Waals surface area contributed by atoms with Crippen molar-refractivity contribution in [3.05, 3.63) is 29.3 Å². The SMILES string of the molecule is CCc1ccc(NC(=O)CNC)cc1CC.Cl. The van der Waals surface area contributed by atoms with Crippen LogP contribution in [0.4, 0.5) is 5.69 Å². The van der Waals surface area contributed by atoms with Crippen molar-refractivity contribution in [2.45, 2.75) is 26.7 Å². The first kappa shape index (κ1) is 15.9. The number of carbonyl (C=O) groups excluding carboxylic acids is 1. The second-order valence-corrected chi connectivity index (χ2v) is 3.77. The van der Waals surface area contributed by atoms with Crippen molar-refractivity contribution in [3.8, 4) is 0 Å². The quantitative estimate of drug-likeness (QED) is 0.849. The van der Waals surface area contributed by atoms with E-state index in [2.05, 4.69) is 36.6 Å². The highest BCUT2D eigenvalue weighted by Gasteiger charge is 2.03. The molecule has 0 saturated carbocycles. The van der Waals surface area contributed by atoms with Gasteiger partial charge in [0.05, 0.1) is 6.54 Å². The molecule has 0 radical (unpaired) electrons. The van der Waals surface area contributed by atoms with Crippen molar-refractivity contribution >= 4 is 24.0 Å². The van der Waals surface area contributed by atoms with Gasteiger partial charge in [-0.1, -0.05) is 19.9 Å². The molecule has 0 aliphatic carbocycles. The van der Waals surface area contributed by atoms with Gasteiger partial charge in [-0.15, -0.1) is 12.4 Å². The average Bonchev–Trinajstić information content (AvgIpc) is 2.29. The van der Waals surface area contributed by atoms with E-state index in [0.29, 0.717) is 6.54 Å². The van der Waals surface area contributed by atoms with Crippen LogP contribution >= 0.6 is 12.4 Å². The smallest absolute Gasteiger partial charge is 0.238 e. The summed E-state index contributed by atoms with van der Waals surface area (Å²) in [6.45, 7) is 4.62. The first-order chi connectivity index (χ1) is 7.71.